The van der Waals surface area contributed by atoms with Crippen molar-refractivity contribution in [3.05, 3.63) is 57.8 Å². The normalized spacial score (nSPS) is 20.4. The molecular formula is C20H21Cl2FN2O3S. The van der Waals surface area contributed by atoms with Gasteiger partial charge in [-0.05, 0) is 48.6 Å². The standard InChI is InChI=1S/C20H21Cl2FN2O3S/c1-12-8-13(2)11-25(10-12)29(27,28)14-6-7-17(23)15(9-14)20(26)24-18-5-3-4-16(21)19(18)22/h3-7,9,12-13H,8,10-11H2,1-2H3,(H,24,26). The number of amides is 1. The first kappa shape index (κ1) is 22.0. The topological polar surface area (TPSA) is 66.5 Å². The molecule has 1 N–H and O–H groups in total. The lowest BCUT2D eigenvalue weighted by atomic mass is 9.94. The van der Waals surface area contributed by atoms with Gasteiger partial charge < -0.3 is 5.32 Å². The smallest absolute Gasteiger partial charge is 0.258 e. The van der Waals surface area contributed by atoms with Crippen LogP contribution in [0.25, 0.3) is 0 Å². The molecule has 5 nitrogen and oxygen atoms in total. The molecule has 0 spiro atoms. The lowest BCUT2D eigenvalue weighted by Gasteiger charge is -2.34. The molecule has 3 rings (SSSR count). The monoisotopic (exact) mass is 458 g/mol. The molecule has 156 valence electrons. The molecule has 29 heavy (non-hydrogen) atoms. The molecule has 1 aliphatic heterocycles. The first-order valence-electron chi connectivity index (χ1n) is 9.14. The Morgan fingerprint density at radius 3 is 2.45 bits per heavy atom. The molecule has 1 amide bonds. The summed E-state index contributed by atoms with van der Waals surface area (Å²) in [7, 11) is -3.85. The average Bonchev–Trinajstić information content (AvgIpc) is 2.64. The summed E-state index contributed by atoms with van der Waals surface area (Å²) < 4.78 is 41.8. The van der Waals surface area contributed by atoms with E-state index in [4.69, 9.17) is 23.2 Å². The molecular weight excluding hydrogens is 438 g/mol. The first-order valence-corrected chi connectivity index (χ1v) is 11.3. The fourth-order valence-electron chi connectivity index (χ4n) is 3.58. The number of hydrogen-bond acceptors (Lipinski definition) is 3. The van der Waals surface area contributed by atoms with Gasteiger partial charge in [-0.3, -0.25) is 4.79 Å². The summed E-state index contributed by atoms with van der Waals surface area (Å²) in [6, 6.07) is 7.87. The molecule has 2 aromatic rings. The van der Waals surface area contributed by atoms with Gasteiger partial charge in [0.25, 0.3) is 5.91 Å². The summed E-state index contributed by atoms with van der Waals surface area (Å²) >= 11 is 12.0. The highest BCUT2D eigenvalue weighted by Gasteiger charge is 2.32. The molecule has 0 bridgehead atoms. The van der Waals surface area contributed by atoms with Crippen molar-refractivity contribution in [2.45, 2.75) is 25.2 Å². The van der Waals surface area contributed by atoms with Gasteiger partial charge in [0.05, 0.1) is 26.2 Å². The van der Waals surface area contributed by atoms with Crippen molar-refractivity contribution in [3.63, 3.8) is 0 Å². The molecule has 2 unspecified atom stereocenters. The van der Waals surface area contributed by atoms with E-state index in [1.165, 1.54) is 16.4 Å². The number of halogens is 3. The van der Waals surface area contributed by atoms with Gasteiger partial charge in [-0.2, -0.15) is 4.31 Å². The Labute approximate surface area is 179 Å². The van der Waals surface area contributed by atoms with Crippen LogP contribution in [0.4, 0.5) is 10.1 Å². The Kier molecular flexibility index (Phi) is 6.53. The molecule has 0 aliphatic carbocycles. The van der Waals surface area contributed by atoms with E-state index in [1.807, 2.05) is 13.8 Å². The largest absolute Gasteiger partial charge is 0.320 e. The molecule has 1 aliphatic rings. The maximum Gasteiger partial charge on any atom is 0.258 e. The molecule has 0 radical (unpaired) electrons. The van der Waals surface area contributed by atoms with Crippen LogP contribution in [0.5, 0.6) is 0 Å². The van der Waals surface area contributed by atoms with Crippen LogP contribution in [-0.2, 0) is 10.0 Å². The van der Waals surface area contributed by atoms with Gasteiger partial charge in [-0.15, -0.1) is 0 Å². The van der Waals surface area contributed by atoms with Crippen molar-refractivity contribution in [1.29, 1.82) is 0 Å². The third kappa shape index (κ3) is 4.74. The lowest BCUT2D eigenvalue weighted by Crippen LogP contribution is -2.42. The number of rotatable bonds is 4. The Morgan fingerprint density at radius 2 is 1.79 bits per heavy atom. The molecule has 1 fully saturated rings. The minimum absolute atomic E-state index is 0.114. The van der Waals surface area contributed by atoms with Crippen molar-refractivity contribution in [1.82, 2.24) is 4.31 Å². The number of sulfonamides is 1. The summed E-state index contributed by atoms with van der Waals surface area (Å²) in [6.07, 6.45) is 0.948. The van der Waals surface area contributed by atoms with Gasteiger partial charge in [0.1, 0.15) is 5.82 Å². The maximum absolute atomic E-state index is 14.3. The van der Waals surface area contributed by atoms with Crippen LogP contribution < -0.4 is 5.32 Å². The Bertz CT molecular complexity index is 1040. The van der Waals surface area contributed by atoms with Gasteiger partial charge in [0.2, 0.25) is 10.0 Å². The van der Waals surface area contributed by atoms with E-state index in [9.17, 15) is 17.6 Å². The van der Waals surface area contributed by atoms with Crippen molar-refractivity contribution < 1.29 is 17.6 Å². The predicted octanol–water partition coefficient (Wildman–Crippen LogP) is 5.05. The van der Waals surface area contributed by atoms with Crippen LogP contribution in [0.15, 0.2) is 41.3 Å². The molecule has 2 aromatic carbocycles. The zero-order valence-corrected chi connectivity index (χ0v) is 18.3. The molecule has 0 saturated carbocycles. The fourth-order valence-corrected chi connectivity index (χ4v) is 5.63. The average molecular weight is 459 g/mol. The summed E-state index contributed by atoms with van der Waals surface area (Å²) in [5.74, 6) is -1.20. The van der Waals surface area contributed by atoms with Gasteiger partial charge >= 0.3 is 0 Å². The Hall–Kier alpha value is -1.67. The van der Waals surface area contributed by atoms with E-state index in [0.29, 0.717) is 13.1 Å². The highest BCUT2D eigenvalue weighted by molar-refractivity contribution is 7.89. The number of hydrogen-bond donors (Lipinski definition) is 1. The Balaban J connectivity index is 1.91. The van der Waals surface area contributed by atoms with E-state index in [1.54, 1.807) is 12.1 Å². The van der Waals surface area contributed by atoms with Crippen molar-refractivity contribution in [2.75, 3.05) is 18.4 Å². The van der Waals surface area contributed by atoms with Gasteiger partial charge in [-0.1, -0.05) is 43.1 Å². The van der Waals surface area contributed by atoms with E-state index in [2.05, 4.69) is 5.32 Å². The second kappa shape index (κ2) is 8.60. The van der Waals surface area contributed by atoms with E-state index >= 15 is 0 Å². The van der Waals surface area contributed by atoms with Crippen molar-refractivity contribution in [3.8, 4) is 0 Å². The number of nitrogens with one attached hydrogen (secondary N) is 1. The van der Waals surface area contributed by atoms with Crippen LogP contribution >= 0.6 is 23.2 Å². The van der Waals surface area contributed by atoms with Gasteiger partial charge in [0.15, 0.2) is 0 Å². The fraction of sp³-hybridized carbons (Fsp3) is 0.350. The molecule has 2 atom stereocenters. The predicted molar refractivity (Wildman–Crippen MR) is 113 cm³/mol. The molecule has 9 heteroatoms. The number of benzene rings is 2. The summed E-state index contributed by atoms with van der Waals surface area (Å²) in [6.45, 7) is 4.78. The summed E-state index contributed by atoms with van der Waals surface area (Å²) in [5, 5.41) is 2.82. The number of carbonyl (C=O) groups is 1. The minimum Gasteiger partial charge on any atom is -0.320 e. The third-order valence-corrected chi connectivity index (χ3v) is 7.50. The first-order chi connectivity index (χ1) is 13.6. The second-order valence-corrected chi connectivity index (χ2v) is 10.2. The lowest BCUT2D eigenvalue weighted by molar-refractivity contribution is 0.102. The summed E-state index contributed by atoms with van der Waals surface area (Å²) in [4.78, 5) is 12.5. The highest BCUT2D eigenvalue weighted by Crippen LogP contribution is 2.31. The van der Waals surface area contributed by atoms with E-state index in [0.717, 1.165) is 18.6 Å². The zero-order chi connectivity index (χ0) is 21.3. The van der Waals surface area contributed by atoms with Crippen molar-refractivity contribution >= 4 is 44.8 Å². The highest BCUT2D eigenvalue weighted by atomic mass is 35.5. The minimum atomic E-state index is -3.85. The van der Waals surface area contributed by atoms with Gasteiger partial charge in [-0.25, -0.2) is 12.8 Å². The van der Waals surface area contributed by atoms with Crippen LogP contribution in [0.3, 0.4) is 0 Å². The zero-order valence-electron chi connectivity index (χ0n) is 16.0. The van der Waals surface area contributed by atoms with Crippen LogP contribution in [0.1, 0.15) is 30.6 Å². The number of carbonyl (C=O) groups excluding carboxylic acids is 1. The SMILES string of the molecule is CC1CC(C)CN(S(=O)(=O)c2ccc(F)c(C(=O)Nc3cccc(Cl)c3Cl)c2)C1. The molecule has 1 heterocycles. The van der Waals surface area contributed by atoms with Crippen LogP contribution in [0.2, 0.25) is 10.0 Å². The second-order valence-electron chi connectivity index (χ2n) is 7.47. The van der Waals surface area contributed by atoms with E-state index < -0.39 is 21.7 Å². The molecule has 1 saturated heterocycles. The third-order valence-electron chi connectivity index (χ3n) is 4.86. The number of piperidine rings is 1. The number of anilines is 1. The van der Waals surface area contributed by atoms with E-state index in [-0.39, 0.29) is 38.0 Å². The maximum atomic E-state index is 14.3. The van der Waals surface area contributed by atoms with Crippen molar-refractivity contribution in [2.24, 2.45) is 11.8 Å². The number of nitrogens with zero attached hydrogens (tertiary/aromatic N) is 1. The quantitative estimate of drug-likeness (QED) is 0.696. The molecule has 0 aromatic heterocycles. The Morgan fingerprint density at radius 1 is 1.14 bits per heavy atom. The van der Waals surface area contributed by atoms with Crippen LogP contribution in [0, 0.1) is 17.7 Å². The van der Waals surface area contributed by atoms with Gasteiger partial charge in [0, 0.05) is 13.1 Å². The van der Waals surface area contributed by atoms with Crippen LogP contribution in [-0.4, -0.2) is 31.7 Å². The summed E-state index contributed by atoms with van der Waals surface area (Å²) in [5.41, 5.74) is -0.185.